The fraction of sp³-hybridized carbons (Fsp3) is 0.240. The predicted molar refractivity (Wildman–Crippen MR) is 130 cm³/mol. The fourth-order valence-electron chi connectivity index (χ4n) is 3.31. The molecule has 0 fully saturated rings. The van der Waals surface area contributed by atoms with Crippen LogP contribution in [0.3, 0.4) is 0 Å². The minimum atomic E-state index is -4.03. The number of hydrogen-bond donors (Lipinski definition) is 1. The topological polar surface area (TPSA) is 94.2 Å². The summed E-state index contributed by atoms with van der Waals surface area (Å²) in [7, 11) is -1.09. The van der Waals surface area contributed by atoms with Crippen LogP contribution in [0.25, 0.3) is 0 Å². The Morgan fingerprint density at radius 3 is 2.32 bits per heavy atom. The maximum absolute atomic E-state index is 13.5. The quantitative estimate of drug-likeness (QED) is 0.447. The van der Waals surface area contributed by atoms with Crippen molar-refractivity contribution in [2.24, 2.45) is 0 Å². The Kier molecular flexibility index (Phi) is 8.37. The molecule has 34 heavy (non-hydrogen) atoms. The third-order valence-corrected chi connectivity index (χ3v) is 6.76. The molecular weight excluding hydrogens is 456 g/mol. The smallest absolute Gasteiger partial charge is 0.264 e. The Hall–Kier alpha value is -3.72. The normalized spacial score (nSPS) is 10.9. The van der Waals surface area contributed by atoms with Crippen LogP contribution < -0.4 is 23.8 Å². The van der Waals surface area contributed by atoms with Gasteiger partial charge in [-0.2, -0.15) is 0 Å². The summed E-state index contributed by atoms with van der Waals surface area (Å²) in [4.78, 5) is 12.9. The van der Waals surface area contributed by atoms with Gasteiger partial charge in [0.2, 0.25) is 5.91 Å². The van der Waals surface area contributed by atoms with E-state index in [1.54, 1.807) is 30.3 Å². The van der Waals surface area contributed by atoms with Crippen molar-refractivity contribution in [1.82, 2.24) is 5.32 Å². The number of carbonyl (C=O) groups is 1. The van der Waals surface area contributed by atoms with Gasteiger partial charge in [0.05, 0.1) is 31.4 Å². The number of sulfonamides is 1. The molecule has 0 unspecified atom stereocenters. The summed E-state index contributed by atoms with van der Waals surface area (Å²) in [5.41, 5.74) is 1.11. The van der Waals surface area contributed by atoms with Crippen LogP contribution in [0.1, 0.15) is 12.5 Å². The zero-order chi connectivity index (χ0) is 24.6. The Balaban J connectivity index is 1.87. The molecule has 1 N–H and O–H groups in total. The summed E-state index contributed by atoms with van der Waals surface area (Å²) in [6.45, 7) is 2.24. The van der Waals surface area contributed by atoms with Crippen LogP contribution in [-0.4, -0.2) is 41.7 Å². The van der Waals surface area contributed by atoms with Crippen LogP contribution >= 0.6 is 0 Å². The molecule has 0 radical (unpaired) electrons. The minimum absolute atomic E-state index is 0.0713. The van der Waals surface area contributed by atoms with E-state index in [0.29, 0.717) is 23.9 Å². The summed E-state index contributed by atoms with van der Waals surface area (Å²) in [5, 5.41) is 2.79. The van der Waals surface area contributed by atoms with Crippen molar-refractivity contribution in [2.45, 2.75) is 18.4 Å². The van der Waals surface area contributed by atoms with Gasteiger partial charge in [-0.3, -0.25) is 9.10 Å². The van der Waals surface area contributed by atoms with E-state index in [-0.39, 0.29) is 17.1 Å². The molecule has 0 aliphatic rings. The third kappa shape index (κ3) is 5.99. The number of amides is 1. The first-order chi connectivity index (χ1) is 16.4. The van der Waals surface area contributed by atoms with Gasteiger partial charge in [-0.05, 0) is 48.9 Å². The van der Waals surface area contributed by atoms with Crippen molar-refractivity contribution < 1.29 is 27.4 Å². The third-order valence-electron chi connectivity index (χ3n) is 4.97. The highest BCUT2D eigenvalue weighted by Crippen LogP contribution is 2.33. The van der Waals surface area contributed by atoms with E-state index in [1.165, 1.54) is 32.4 Å². The van der Waals surface area contributed by atoms with E-state index in [2.05, 4.69) is 5.32 Å². The van der Waals surface area contributed by atoms with Crippen molar-refractivity contribution in [1.29, 1.82) is 0 Å². The number of hydrogen-bond acceptors (Lipinski definition) is 6. The molecule has 180 valence electrons. The molecule has 0 aliphatic carbocycles. The molecule has 3 aromatic rings. The van der Waals surface area contributed by atoms with E-state index in [1.807, 2.05) is 31.2 Å². The number of benzene rings is 3. The lowest BCUT2D eigenvalue weighted by Gasteiger charge is -2.25. The van der Waals surface area contributed by atoms with Crippen LogP contribution in [0.15, 0.2) is 77.7 Å². The zero-order valence-corrected chi connectivity index (χ0v) is 20.2. The van der Waals surface area contributed by atoms with Crippen molar-refractivity contribution in [3.63, 3.8) is 0 Å². The van der Waals surface area contributed by atoms with E-state index < -0.39 is 22.5 Å². The fourth-order valence-corrected chi connectivity index (χ4v) is 4.75. The lowest BCUT2D eigenvalue weighted by Crippen LogP contribution is -2.40. The molecule has 1 amide bonds. The Bertz CT molecular complexity index is 1220. The van der Waals surface area contributed by atoms with E-state index in [0.717, 1.165) is 9.87 Å². The van der Waals surface area contributed by atoms with Crippen LogP contribution in [0.5, 0.6) is 17.2 Å². The molecule has 0 saturated carbocycles. The summed E-state index contributed by atoms with van der Waals surface area (Å²) in [5.74, 6) is 1.03. The molecular formula is C25H28N2O6S. The van der Waals surface area contributed by atoms with Crippen molar-refractivity contribution in [3.05, 3.63) is 78.4 Å². The number of methoxy groups -OCH3 is 2. The number of anilines is 1. The number of rotatable bonds is 11. The van der Waals surface area contributed by atoms with Gasteiger partial charge in [-0.25, -0.2) is 8.42 Å². The van der Waals surface area contributed by atoms with Crippen molar-refractivity contribution in [3.8, 4) is 17.2 Å². The molecule has 8 nitrogen and oxygen atoms in total. The van der Waals surface area contributed by atoms with Gasteiger partial charge < -0.3 is 19.5 Å². The number of ether oxygens (including phenoxy) is 3. The molecule has 3 rings (SSSR count). The average molecular weight is 485 g/mol. The number of carbonyl (C=O) groups excluding carboxylic acids is 1. The second-order valence-electron chi connectivity index (χ2n) is 7.22. The summed E-state index contributed by atoms with van der Waals surface area (Å²) in [6.07, 6.45) is 0. The van der Waals surface area contributed by atoms with E-state index in [9.17, 15) is 13.2 Å². The van der Waals surface area contributed by atoms with Crippen molar-refractivity contribution in [2.75, 3.05) is 31.7 Å². The second-order valence-corrected chi connectivity index (χ2v) is 9.08. The highest BCUT2D eigenvalue weighted by atomic mass is 32.2. The Labute approximate surface area is 200 Å². The highest BCUT2D eigenvalue weighted by molar-refractivity contribution is 7.92. The lowest BCUT2D eigenvalue weighted by molar-refractivity contribution is -0.119. The standard InChI is InChI=1S/C25H28N2O6S/c1-4-33-21-10-8-9-19(15-21)17-26-25(28)18-27(34(29,30)22-11-6-5-7-12-22)20-13-14-23(31-2)24(16-20)32-3/h5-16H,4,17-18H2,1-3H3,(H,26,28). The molecule has 3 aromatic carbocycles. The zero-order valence-electron chi connectivity index (χ0n) is 19.4. The summed E-state index contributed by atoms with van der Waals surface area (Å²) < 4.78 is 44.1. The maximum atomic E-state index is 13.5. The van der Waals surface area contributed by atoms with Crippen LogP contribution in [0.4, 0.5) is 5.69 Å². The molecule has 0 atom stereocenters. The van der Waals surface area contributed by atoms with Gasteiger partial charge in [-0.15, -0.1) is 0 Å². The van der Waals surface area contributed by atoms with Crippen LogP contribution in [0.2, 0.25) is 0 Å². The van der Waals surface area contributed by atoms with E-state index >= 15 is 0 Å². The first kappa shape index (κ1) is 24.9. The summed E-state index contributed by atoms with van der Waals surface area (Å²) in [6, 6.07) is 20.0. The van der Waals surface area contributed by atoms with Gasteiger partial charge in [0.25, 0.3) is 10.0 Å². The Morgan fingerprint density at radius 1 is 0.912 bits per heavy atom. The van der Waals surface area contributed by atoms with Crippen LogP contribution in [0, 0.1) is 0 Å². The molecule has 0 saturated heterocycles. The first-order valence-corrected chi connectivity index (χ1v) is 12.1. The summed E-state index contributed by atoms with van der Waals surface area (Å²) >= 11 is 0. The average Bonchev–Trinajstić information content (AvgIpc) is 2.86. The van der Waals surface area contributed by atoms with Gasteiger partial charge in [-0.1, -0.05) is 30.3 Å². The first-order valence-electron chi connectivity index (χ1n) is 10.7. The lowest BCUT2D eigenvalue weighted by atomic mass is 10.2. The predicted octanol–water partition coefficient (Wildman–Crippen LogP) is 3.61. The maximum Gasteiger partial charge on any atom is 0.264 e. The molecule has 9 heteroatoms. The number of nitrogens with one attached hydrogen (secondary N) is 1. The molecule has 0 aromatic heterocycles. The monoisotopic (exact) mass is 484 g/mol. The molecule has 0 heterocycles. The highest BCUT2D eigenvalue weighted by Gasteiger charge is 2.28. The molecule has 0 aliphatic heterocycles. The number of nitrogens with zero attached hydrogens (tertiary/aromatic N) is 1. The van der Waals surface area contributed by atoms with Gasteiger partial charge in [0.15, 0.2) is 11.5 Å². The molecule has 0 bridgehead atoms. The largest absolute Gasteiger partial charge is 0.494 e. The minimum Gasteiger partial charge on any atom is -0.494 e. The van der Waals surface area contributed by atoms with E-state index in [4.69, 9.17) is 14.2 Å². The van der Waals surface area contributed by atoms with Crippen molar-refractivity contribution >= 4 is 21.6 Å². The van der Waals surface area contributed by atoms with Gasteiger partial charge >= 0.3 is 0 Å². The van der Waals surface area contributed by atoms with Gasteiger partial charge in [0.1, 0.15) is 12.3 Å². The Morgan fingerprint density at radius 2 is 1.65 bits per heavy atom. The second kappa shape index (κ2) is 11.4. The SMILES string of the molecule is CCOc1cccc(CNC(=O)CN(c2ccc(OC)c(OC)c2)S(=O)(=O)c2ccccc2)c1. The van der Waals surface area contributed by atoms with Crippen LogP contribution in [-0.2, 0) is 21.4 Å². The molecule has 0 spiro atoms. The van der Waals surface area contributed by atoms with Gasteiger partial charge in [0, 0.05) is 12.6 Å².